The summed E-state index contributed by atoms with van der Waals surface area (Å²) in [6.07, 6.45) is -3.77. The van der Waals surface area contributed by atoms with Crippen LogP contribution in [-0.4, -0.2) is 19.0 Å². The molecule has 0 aliphatic carbocycles. The van der Waals surface area contributed by atoms with E-state index in [1.54, 1.807) is 6.07 Å². The van der Waals surface area contributed by atoms with E-state index in [9.17, 15) is 18.0 Å². The van der Waals surface area contributed by atoms with Crippen molar-refractivity contribution >= 4 is 18.3 Å². The van der Waals surface area contributed by atoms with Crippen molar-refractivity contribution in [3.05, 3.63) is 35.4 Å². The highest BCUT2D eigenvalue weighted by molar-refractivity contribution is 5.85. The highest BCUT2D eigenvalue weighted by atomic mass is 35.5. The zero-order valence-corrected chi connectivity index (χ0v) is 13.9. The van der Waals surface area contributed by atoms with Gasteiger partial charge in [-0.25, -0.2) is 0 Å². The van der Waals surface area contributed by atoms with Gasteiger partial charge in [0.05, 0.1) is 17.5 Å². The van der Waals surface area contributed by atoms with Crippen molar-refractivity contribution in [1.29, 1.82) is 0 Å². The van der Waals surface area contributed by atoms with E-state index >= 15 is 0 Å². The predicted molar refractivity (Wildman–Crippen MR) is 85.4 cm³/mol. The summed E-state index contributed by atoms with van der Waals surface area (Å²) in [5.41, 5.74) is -0.178. The zero-order valence-electron chi connectivity index (χ0n) is 13.1. The number of hydrogen-bond acceptors (Lipinski definition) is 2. The summed E-state index contributed by atoms with van der Waals surface area (Å²) in [5, 5.41) is 5.91. The molecule has 130 valence electrons. The van der Waals surface area contributed by atoms with E-state index in [1.165, 1.54) is 6.07 Å². The summed E-state index contributed by atoms with van der Waals surface area (Å²) in [5.74, 6) is 0.0848. The Kier molecular flexibility index (Phi) is 6.89. The van der Waals surface area contributed by atoms with Gasteiger partial charge in [-0.1, -0.05) is 26.0 Å². The third kappa shape index (κ3) is 5.39. The Bertz CT molecular complexity index is 530. The molecule has 0 spiro atoms. The highest BCUT2D eigenvalue weighted by Crippen LogP contribution is 2.32. The molecule has 1 aromatic carbocycles. The molecule has 0 radical (unpaired) electrons. The van der Waals surface area contributed by atoms with E-state index < -0.39 is 17.8 Å². The molecule has 1 aliphatic rings. The summed E-state index contributed by atoms with van der Waals surface area (Å²) in [6.45, 7) is 5.22. The Morgan fingerprint density at radius 3 is 2.48 bits per heavy atom. The third-order valence-corrected chi connectivity index (χ3v) is 3.79. The molecular weight excluding hydrogens is 329 g/mol. The Balaban J connectivity index is 0.00000264. The van der Waals surface area contributed by atoms with Crippen molar-refractivity contribution in [2.75, 3.05) is 13.1 Å². The van der Waals surface area contributed by atoms with Gasteiger partial charge in [-0.2, -0.15) is 13.2 Å². The van der Waals surface area contributed by atoms with Crippen LogP contribution in [0.3, 0.4) is 0 Å². The first-order chi connectivity index (χ1) is 10.3. The van der Waals surface area contributed by atoms with Gasteiger partial charge in [-0.15, -0.1) is 12.4 Å². The van der Waals surface area contributed by atoms with Gasteiger partial charge in [0.15, 0.2) is 0 Å². The fourth-order valence-electron chi connectivity index (χ4n) is 2.45. The van der Waals surface area contributed by atoms with Gasteiger partial charge in [0.25, 0.3) is 0 Å². The maximum atomic E-state index is 12.9. The van der Waals surface area contributed by atoms with Crippen molar-refractivity contribution in [1.82, 2.24) is 10.6 Å². The standard InChI is InChI=1S/C16H21F3N2O.ClH/c1-10(2)6-14(21-15(22)12-8-20-9-12)11-4-3-5-13(7-11)16(17,18)19;/h3-5,7,10,12,14,20H,6,8-9H2,1-2H3,(H,21,22);1H. The fourth-order valence-corrected chi connectivity index (χ4v) is 2.45. The molecule has 2 N–H and O–H groups in total. The second-order valence-corrected chi connectivity index (χ2v) is 6.17. The SMILES string of the molecule is CC(C)CC(NC(=O)C1CNC1)c1cccc(C(F)(F)F)c1.Cl. The molecule has 1 unspecified atom stereocenters. The van der Waals surface area contributed by atoms with Crippen LogP contribution >= 0.6 is 12.4 Å². The summed E-state index contributed by atoms with van der Waals surface area (Å²) >= 11 is 0. The Hall–Kier alpha value is -1.27. The van der Waals surface area contributed by atoms with Gasteiger partial charge in [0.1, 0.15) is 0 Å². The monoisotopic (exact) mass is 350 g/mol. The number of halogens is 4. The quantitative estimate of drug-likeness (QED) is 0.852. The molecule has 1 atom stereocenters. The van der Waals surface area contributed by atoms with Crippen molar-refractivity contribution in [3.63, 3.8) is 0 Å². The van der Waals surface area contributed by atoms with E-state index in [2.05, 4.69) is 10.6 Å². The Morgan fingerprint density at radius 1 is 1.35 bits per heavy atom. The lowest BCUT2D eigenvalue weighted by atomic mass is 9.94. The van der Waals surface area contributed by atoms with Crippen molar-refractivity contribution < 1.29 is 18.0 Å². The lowest BCUT2D eigenvalue weighted by Gasteiger charge is -2.29. The summed E-state index contributed by atoms with van der Waals surface area (Å²) in [4.78, 5) is 12.1. The van der Waals surface area contributed by atoms with E-state index in [0.29, 0.717) is 25.1 Å². The van der Waals surface area contributed by atoms with Crippen LogP contribution in [0.25, 0.3) is 0 Å². The van der Waals surface area contributed by atoms with Crippen LogP contribution in [-0.2, 0) is 11.0 Å². The number of amides is 1. The van der Waals surface area contributed by atoms with Crippen LogP contribution < -0.4 is 10.6 Å². The normalized spacial score (nSPS) is 16.4. The van der Waals surface area contributed by atoms with E-state index in [4.69, 9.17) is 0 Å². The maximum absolute atomic E-state index is 12.9. The molecule has 2 rings (SSSR count). The summed E-state index contributed by atoms with van der Waals surface area (Å²) in [7, 11) is 0. The van der Waals surface area contributed by atoms with Gasteiger partial charge in [0.2, 0.25) is 5.91 Å². The molecule has 1 aliphatic heterocycles. The molecule has 1 amide bonds. The highest BCUT2D eigenvalue weighted by Gasteiger charge is 2.32. The fraction of sp³-hybridized carbons (Fsp3) is 0.562. The third-order valence-electron chi connectivity index (χ3n) is 3.79. The van der Waals surface area contributed by atoms with Crippen LogP contribution in [0.15, 0.2) is 24.3 Å². The molecule has 0 aromatic heterocycles. The van der Waals surface area contributed by atoms with Crippen molar-refractivity contribution in [3.8, 4) is 0 Å². The molecule has 1 saturated heterocycles. The molecular formula is C16H22ClF3N2O. The van der Waals surface area contributed by atoms with E-state index in [0.717, 1.165) is 12.1 Å². The van der Waals surface area contributed by atoms with E-state index in [-0.39, 0.29) is 30.2 Å². The van der Waals surface area contributed by atoms with Crippen LogP contribution in [0.5, 0.6) is 0 Å². The number of benzene rings is 1. The Morgan fingerprint density at radius 2 is 2.00 bits per heavy atom. The van der Waals surface area contributed by atoms with Crippen LogP contribution in [0.1, 0.15) is 37.4 Å². The van der Waals surface area contributed by atoms with E-state index in [1.807, 2.05) is 13.8 Å². The number of alkyl halides is 3. The van der Waals surface area contributed by atoms with Crippen molar-refractivity contribution in [2.24, 2.45) is 11.8 Å². The molecule has 3 nitrogen and oxygen atoms in total. The molecule has 0 bridgehead atoms. The summed E-state index contributed by atoms with van der Waals surface area (Å²) < 4.78 is 38.6. The second-order valence-electron chi connectivity index (χ2n) is 6.17. The number of rotatable bonds is 5. The first kappa shape index (κ1) is 19.8. The molecule has 0 saturated carbocycles. The van der Waals surface area contributed by atoms with Gasteiger partial charge < -0.3 is 10.6 Å². The van der Waals surface area contributed by atoms with Gasteiger partial charge in [-0.3, -0.25) is 4.79 Å². The molecule has 23 heavy (non-hydrogen) atoms. The minimum Gasteiger partial charge on any atom is -0.349 e. The number of nitrogens with one attached hydrogen (secondary N) is 2. The second kappa shape index (κ2) is 8.02. The number of hydrogen-bond donors (Lipinski definition) is 2. The summed E-state index contributed by atoms with van der Waals surface area (Å²) in [6, 6.07) is 4.82. The van der Waals surface area contributed by atoms with Crippen molar-refractivity contribution in [2.45, 2.75) is 32.5 Å². The smallest absolute Gasteiger partial charge is 0.349 e. The first-order valence-corrected chi connectivity index (χ1v) is 7.45. The minimum absolute atomic E-state index is 0. The number of carbonyl (C=O) groups excluding carboxylic acids is 1. The van der Waals surface area contributed by atoms with Crippen LogP contribution in [0, 0.1) is 11.8 Å². The maximum Gasteiger partial charge on any atom is 0.416 e. The number of carbonyl (C=O) groups is 1. The topological polar surface area (TPSA) is 41.1 Å². The zero-order chi connectivity index (χ0) is 16.3. The Labute approximate surface area is 140 Å². The molecule has 1 heterocycles. The average Bonchev–Trinajstić information content (AvgIpc) is 2.34. The largest absolute Gasteiger partial charge is 0.416 e. The first-order valence-electron chi connectivity index (χ1n) is 7.45. The minimum atomic E-state index is -4.37. The predicted octanol–water partition coefficient (Wildman–Crippen LogP) is 3.55. The average molecular weight is 351 g/mol. The lowest BCUT2D eigenvalue weighted by molar-refractivity contribution is -0.137. The van der Waals surface area contributed by atoms with Crippen LogP contribution in [0.2, 0.25) is 0 Å². The van der Waals surface area contributed by atoms with Gasteiger partial charge >= 0.3 is 6.18 Å². The molecule has 1 fully saturated rings. The van der Waals surface area contributed by atoms with Gasteiger partial charge in [0, 0.05) is 13.1 Å². The molecule has 1 aromatic rings. The molecule has 7 heteroatoms. The lowest BCUT2D eigenvalue weighted by Crippen LogP contribution is -2.51. The van der Waals surface area contributed by atoms with Gasteiger partial charge in [-0.05, 0) is 30.0 Å². The van der Waals surface area contributed by atoms with Crippen LogP contribution in [0.4, 0.5) is 13.2 Å².